The minimum atomic E-state index is -0.625. The fourth-order valence-corrected chi connectivity index (χ4v) is 3.54. The normalized spacial score (nSPS) is 10.9. The second kappa shape index (κ2) is 9.75. The van der Waals surface area contributed by atoms with Gasteiger partial charge in [0.1, 0.15) is 12.0 Å². The minimum Gasteiger partial charge on any atom is -0.486 e. The van der Waals surface area contributed by atoms with E-state index in [0.29, 0.717) is 23.6 Å². The first-order chi connectivity index (χ1) is 16.8. The summed E-state index contributed by atoms with van der Waals surface area (Å²) in [6, 6.07) is 0. The van der Waals surface area contributed by atoms with Crippen molar-refractivity contribution in [3.05, 3.63) is 58.5 Å². The van der Waals surface area contributed by atoms with E-state index in [1.165, 1.54) is 17.0 Å². The van der Waals surface area contributed by atoms with E-state index >= 15 is 0 Å². The molecule has 0 saturated heterocycles. The van der Waals surface area contributed by atoms with E-state index in [4.69, 9.17) is 9.26 Å². The molecule has 0 aromatic carbocycles. The number of aryl methyl sites for hydroxylation is 2. The van der Waals surface area contributed by atoms with Crippen LogP contribution in [0, 0.1) is 6.92 Å². The van der Waals surface area contributed by atoms with E-state index in [1.54, 1.807) is 43.0 Å². The minimum absolute atomic E-state index is 0.142. The van der Waals surface area contributed by atoms with Gasteiger partial charge in [-0.15, -0.1) is 0 Å². The lowest BCUT2D eigenvalue weighted by molar-refractivity contribution is 0.101. The summed E-state index contributed by atoms with van der Waals surface area (Å²) in [5.74, 6) is -0.514. The Morgan fingerprint density at radius 1 is 1.23 bits per heavy atom. The van der Waals surface area contributed by atoms with Gasteiger partial charge in [-0.1, -0.05) is 5.16 Å². The Kier molecular flexibility index (Phi) is 6.57. The fourth-order valence-electron chi connectivity index (χ4n) is 3.54. The number of anilines is 2. The number of ether oxygens (including phenoxy) is 1. The SMILES string of the molecule is CCOc1c(C(=O)Nc2cnoc2)nc(N(C)Cc2cnc(-c3cn(C)nc3C)cn2)n(C)c1=O. The lowest BCUT2D eigenvalue weighted by Crippen LogP contribution is -2.32. The van der Waals surface area contributed by atoms with Gasteiger partial charge in [0.2, 0.25) is 11.7 Å². The lowest BCUT2D eigenvalue weighted by Gasteiger charge is -2.22. The summed E-state index contributed by atoms with van der Waals surface area (Å²) in [5.41, 5.74) is 2.81. The van der Waals surface area contributed by atoms with Gasteiger partial charge < -0.3 is 19.5 Å². The molecule has 0 aliphatic heterocycles. The molecule has 4 rings (SSSR count). The number of amides is 1. The molecule has 1 amide bonds. The molecule has 4 aromatic rings. The second-order valence-electron chi connectivity index (χ2n) is 7.80. The van der Waals surface area contributed by atoms with Crippen LogP contribution in [0.1, 0.15) is 28.8 Å². The summed E-state index contributed by atoms with van der Waals surface area (Å²) in [6.45, 7) is 4.11. The van der Waals surface area contributed by atoms with Crippen molar-refractivity contribution in [1.29, 1.82) is 0 Å². The van der Waals surface area contributed by atoms with Gasteiger partial charge in [0.25, 0.3) is 11.5 Å². The van der Waals surface area contributed by atoms with Crippen molar-refractivity contribution in [2.45, 2.75) is 20.4 Å². The smallest absolute Gasteiger partial charge is 0.297 e. The Morgan fingerprint density at radius 3 is 2.63 bits per heavy atom. The lowest BCUT2D eigenvalue weighted by atomic mass is 10.2. The van der Waals surface area contributed by atoms with E-state index < -0.39 is 11.5 Å². The summed E-state index contributed by atoms with van der Waals surface area (Å²) >= 11 is 0. The monoisotopic (exact) mass is 479 g/mol. The summed E-state index contributed by atoms with van der Waals surface area (Å²) in [6.07, 6.45) is 7.82. The predicted octanol–water partition coefficient (Wildman–Crippen LogP) is 1.55. The highest BCUT2D eigenvalue weighted by Gasteiger charge is 2.24. The third-order valence-electron chi connectivity index (χ3n) is 5.16. The van der Waals surface area contributed by atoms with Crippen molar-refractivity contribution in [3.63, 3.8) is 0 Å². The van der Waals surface area contributed by atoms with Crippen LogP contribution >= 0.6 is 0 Å². The average molecular weight is 480 g/mol. The first-order valence-corrected chi connectivity index (χ1v) is 10.8. The van der Waals surface area contributed by atoms with Crippen molar-refractivity contribution in [1.82, 2.24) is 34.5 Å². The van der Waals surface area contributed by atoms with Crippen LogP contribution in [0.15, 0.2) is 40.4 Å². The molecule has 0 bridgehead atoms. The third kappa shape index (κ3) is 4.88. The zero-order valence-electron chi connectivity index (χ0n) is 20.0. The van der Waals surface area contributed by atoms with Gasteiger partial charge in [-0.05, 0) is 13.8 Å². The summed E-state index contributed by atoms with van der Waals surface area (Å²) < 4.78 is 13.2. The van der Waals surface area contributed by atoms with Crippen molar-refractivity contribution in [2.75, 3.05) is 23.9 Å². The quantitative estimate of drug-likeness (QED) is 0.395. The molecular weight excluding hydrogens is 454 g/mol. The highest BCUT2D eigenvalue weighted by atomic mass is 16.5. The topological polar surface area (TPSA) is 146 Å². The van der Waals surface area contributed by atoms with Crippen molar-refractivity contribution >= 4 is 17.5 Å². The number of carbonyl (C=O) groups is 1. The Hall–Kier alpha value is -4.55. The molecule has 4 aromatic heterocycles. The molecule has 182 valence electrons. The summed E-state index contributed by atoms with van der Waals surface area (Å²) in [4.78, 5) is 41.1. The molecule has 0 unspecified atom stereocenters. The first kappa shape index (κ1) is 23.6. The molecular formula is C22H25N9O4. The Morgan fingerprint density at radius 2 is 2.03 bits per heavy atom. The standard InChI is InChI=1S/C22H25N9O4/c1-6-34-19-18(20(32)26-15-8-25-35-12-15)27-22(31(5)21(19)33)29(3)10-14-7-24-17(9-23-14)16-11-30(4)28-13(16)2/h7-9,11-12H,6,10H2,1-5H3,(H,26,32). The fraction of sp³-hybridized carbons (Fsp3) is 0.318. The van der Waals surface area contributed by atoms with Crippen LogP contribution in [0.4, 0.5) is 11.6 Å². The highest BCUT2D eigenvalue weighted by Crippen LogP contribution is 2.21. The molecule has 1 N–H and O–H groups in total. The molecule has 0 aliphatic carbocycles. The van der Waals surface area contributed by atoms with Crippen LogP contribution in [0.3, 0.4) is 0 Å². The van der Waals surface area contributed by atoms with Crippen molar-refractivity contribution < 1.29 is 14.1 Å². The number of carbonyl (C=O) groups excluding carboxylic acids is 1. The Balaban J connectivity index is 1.62. The molecule has 0 atom stereocenters. The zero-order chi connectivity index (χ0) is 25.1. The van der Waals surface area contributed by atoms with Gasteiger partial charge >= 0.3 is 0 Å². The van der Waals surface area contributed by atoms with Crippen LogP contribution in [0.25, 0.3) is 11.3 Å². The molecule has 0 radical (unpaired) electrons. The number of hydrogen-bond donors (Lipinski definition) is 1. The third-order valence-corrected chi connectivity index (χ3v) is 5.16. The Labute approximate surface area is 200 Å². The van der Waals surface area contributed by atoms with Crippen LogP contribution in [0.5, 0.6) is 5.75 Å². The summed E-state index contributed by atoms with van der Waals surface area (Å²) in [5, 5.41) is 10.5. The number of aromatic nitrogens is 7. The first-order valence-electron chi connectivity index (χ1n) is 10.8. The van der Waals surface area contributed by atoms with Gasteiger partial charge in [-0.25, -0.2) is 4.98 Å². The number of rotatable bonds is 8. The predicted molar refractivity (Wildman–Crippen MR) is 126 cm³/mol. The van der Waals surface area contributed by atoms with Crippen LogP contribution in [-0.4, -0.2) is 54.0 Å². The molecule has 35 heavy (non-hydrogen) atoms. The van der Waals surface area contributed by atoms with Gasteiger partial charge in [-0.2, -0.15) is 5.10 Å². The van der Waals surface area contributed by atoms with E-state index in [1.807, 2.05) is 20.2 Å². The molecule has 13 nitrogen and oxygen atoms in total. The van der Waals surface area contributed by atoms with E-state index in [2.05, 4.69) is 30.5 Å². The maximum atomic E-state index is 13.0. The van der Waals surface area contributed by atoms with E-state index in [-0.39, 0.29) is 24.0 Å². The maximum Gasteiger partial charge on any atom is 0.297 e. The molecule has 13 heteroatoms. The van der Waals surface area contributed by atoms with Gasteiger partial charge in [-0.3, -0.25) is 28.8 Å². The maximum absolute atomic E-state index is 13.0. The van der Waals surface area contributed by atoms with Gasteiger partial charge in [0.15, 0.2) is 5.69 Å². The number of nitrogens with one attached hydrogen (secondary N) is 1. The zero-order valence-corrected chi connectivity index (χ0v) is 20.0. The van der Waals surface area contributed by atoms with Crippen LogP contribution in [0.2, 0.25) is 0 Å². The molecule has 0 fully saturated rings. The largest absolute Gasteiger partial charge is 0.486 e. The molecule has 0 spiro atoms. The second-order valence-corrected chi connectivity index (χ2v) is 7.80. The van der Waals surface area contributed by atoms with Gasteiger partial charge in [0, 0.05) is 32.9 Å². The molecule has 0 saturated carbocycles. The summed E-state index contributed by atoms with van der Waals surface area (Å²) in [7, 11) is 5.15. The Bertz CT molecular complexity index is 1390. The van der Waals surface area contributed by atoms with Crippen molar-refractivity contribution in [3.8, 4) is 17.0 Å². The number of hydrogen-bond acceptors (Lipinski definition) is 10. The molecule has 4 heterocycles. The van der Waals surface area contributed by atoms with E-state index in [0.717, 1.165) is 11.3 Å². The van der Waals surface area contributed by atoms with Gasteiger partial charge in [0.05, 0.1) is 48.8 Å². The van der Waals surface area contributed by atoms with Crippen molar-refractivity contribution in [2.24, 2.45) is 14.1 Å². The van der Waals surface area contributed by atoms with Crippen LogP contribution < -0.4 is 20.5 Å². The molecule has 0 aliphatic rings. The number of nitrogens with zero attached hydrogens (tertiary/aromatic N) is 8. The highest BCUT2D eigenvalue weighted by molar-refractivity contribution is 6.04. The average Bonchev–Trinajstić information content (AvgIpc) is 3.46. The van der Waals surface area contributed by atoms with Crippen LogP contribution in [-0.2, 0) is 20.6 Å². The van der Waals surface area contributed by atoms with E-state index in [9.17, 15) is 9.59 Å².